The molecule has 62 valence electrons. The van der Waals surface area contributed by atoms with Crippen LogP contribution in [0.1, 0.15) is 20.3 Å². The molecule has 1 aromatic rings. The van der Waals surface area contributed by atoms with Crippen molar-refractivity contribution in [2.24, 2.45) is 0 Å². The maximum Gasteiger partial charge on any atom is 0.242 e. The lowest BCUT2D eigenvalue weighted by atomic mass is 10.5. The molecule has 0 amide bonds. The van der Waals surface area contributed by atoms with Gasteiger partial charge >= 0.3 is 0 Å². The van der Waals surface area contributed by atoms with E-state index in [1.54, 1.807) is 4.68 Å². The first kappa shape index (κ1) is 7.97. The van der Waals surface area contributed by atoms with E-state index in [0.717, 1.165) is 25.5 Å². The van der Waals surface area contributed by atoms with E-state index in [-0.39, 0.29) is 0 Å². The van der Waals surface area contributed by atoms with Gasteiger partial charge in [0.2, 0.25) is 5.95 Å². The summed E-state index contributed by atoms with van der Waals surface area (Å²) in [6, 6.07) is 0. The summed E-state index contributed by atoms with van der Waals surface area (Å²) in [5.74, 6) is 0.759. The van der Waals surface area contributed by atoms with Crippen LogP contribution < -0.4 is 5.32 Å². The zero-order valence-electron chi connectivity index (χ0n) is 6.91. The topological polar surface area (TPSA) is 55.6 Å². The Morgan fingerprint density at radius 3 is 2.91 bits per heavy atom. The third kappa shape index (κ3) is 1.89. The summed E-state index contributed by atoms with van der Waals surface area (Å²) in [4.78, 5) is 0. The van der Waals surface area contributed by atoms with Gasteiger partial charge in [-0.3, -0.25) is 0 Å². The van der Waals surface area contributed by atoms with Gasteiger partial charge in [0, 0.05) is 13.1 Å². The second-order valence-corrected chi connectivity index (χ2v) is 2.26. The molecule has 0 spiro atoms. The maximum atomic E-state index is 3.82. The molecule has 1 N–H and O–H groups in total. The van der Waals surface area contributed by atoms with E-state index in [0.29, 0.717) is 0 Å². The number of anilines is 1. The van der Waals surface area contributed by atoms with E-state index in [9.17, 15) is 0 Å². The van der Waals surface area contributed by atoms with Crippen molar-refractivity contribution in [3.63, 3.8) is 0 Å². The van der Waals surface area contributed by atoms with Crippen LogP contribution in [0, 0.1) is 0 Å². The molecule has 0 atom stereocenters. The number of aryl methyl sites for hydroxylation is 1. The van der Waals surface area contributed by atoms with Crippen LogP contribution in [0.2, 0.25) is 0 Å². The fraction of sp³-hybridized carbons (Fsp3) is 0.833. The number of nitrogens with zero attached hydrogens (tertiary/aromatic N) is 4. The van der Waals surface area contributed by atoms with Gasteiger partial charge in [-0.25, -0.2) is 4.68 Å². The summed E-state index contributed by atoms with van der Waals surface area (Å²) in [5.41, 5.74) is 0. The number of hydrogen-bond acceptors (Lipinski definition) is 4. The highest BCUT2D eigenvalue weighted by Gasteiger charge is 2.00. The van der Waals surface area contributed by atoms with Crippen molar-refractivity contribution < 1.29 is 0 Å². The van der Waals surface area contributed by atoms with Crippen LogP contribution in [0.4, 0.5) is 5.95 Å². The van der Waals surface area contributed by atoms with Crippen molar-refractivity contribution in [2.75, 3.05) is 11.9 Å². The highest BCUT2D eigenvalue weighted by molar-refractivity contribution is 5.20. The minimum atomic E-state index is 0.759. The fourth-order valence-corrected chi connectivity index (χ4v) is 0.852. The molecule has 0 radical (unpaired) electrons. The molecule has 1 rings (SSSR count). The monoisotopic (exact) mass is 155 g/mol. The van der Waals surface area contributed by atoms with E-state index in [1.165, 1.54) is 0 Å². The zero-order valence-corrected chi connectivity index (χ0v) is 6.91. The van der Waals surface area contributed by atoms with Gasteiger partial charge in [-0.2, -0.15) is 0 Å². The van der Waals surface area contributed by atoms with Crippen LogP contribution in [-0.2, 0) is 6.54 Å². The van der Waals surface area contributed by atoms with Crippen LogP contribution in [-0.4, -0.2) is 26.8 Å². The molecular weight excluding hydrogens is 142 g/mol. The Hall–Kier alpha value is -1.13. The van der Waals surface area contributed by atoms with Gasteiger partial charge in [0.1, 0.15) is 0 Å². The highest BCUT2D eigenvalue weighted by atomic mass is 15.6. The van der Waals surface area contributed by atoms with Gasteiger partial charge in [-0.15, -0.1) is 0 Å². The maximum absolute atomic E-state index is 3.82. The van der Waals surface area contributed by atoms with Gasteiger partial charge in [-0.05, 0) is 23.8 Å². The van der Waals surface area contributed by atoms with E-state index < -0.39 is 0 Å². The Morgan fingerprint density at radius 1 is 1.45 bits per heavy atom. The molecule has 0 saturated heterocycles. The smallest absolute Gasteiger partial charge is 0.242 e. The first-order valence-electron chi connectivity index (χ1n) is 3.88. The summed E-state index contributed by atoms with van der Waals surface area (Å²) in [5, 5.41) is 14.3. The van der Waals surface area contributed by atoms with Gasteiger partial charge in [0.25, 0.3) is 0 Å². The Kier molecular flexibility index (Phi) is 2.83. The second kappa shape index (κ2) is 3.90. The number of tetrazole rings is 1. The lowest BCUT2D eigenvalue weighted by Crippen LogP contribution is -2.07. The SMILES string of the molecule is CCCn1nnnc1NCC. The average molecular weight is 155 g/mol. The van der Waals surface area contributed by atoms with Crippen molar-refractivity contribution in [2.45, 2.75) is 26.8 Å². The summed E-state index contributed by atoms with van der Waals surface area (Å²) >= 11 is 0. The van der Waals surface area contributed by atoms with E-state index in [1.807, 2.05) is 6.92 Å². The van der Waals surface area contributed by atoms with Gasteiger partial charge in [0.05, 0.1) is 0 Å². The molecule has 0 aromatic carbocycles. The molecule has 0 fully saturated rings. The molecule has 1 heterocycles. The molecule has 11 heavy (non-hydrogen) atoms. The van der Waals surface area contributed by atoms with Crippen LogP contribution in [0.5, 0.6) is 0 Å². The highest BCUT2D eigenvalue weighted by Crippen LogP contribution is 1.98. The Labute approximate surface area is 65.8 Å². The number of hydrogen-bond donors (Lipinski definition) is 1. The van der Waals surface area contributed by atoms with E-state index in [2.05, 4.69) is 27.8 Å². The zero-order chi connectivity index (χ0) is 8.10. The first-order valence-corrected chi connectivity index (χ1v) is 3.88. The van der Waals surface area contributed by atoms with Crippen molar-refractivity contribution in [3.8, 4) is 0 Å². The van der Waals surface area contributed by atoms with Gasteiger partial charge < -0.3 is 5.32 Å². The largest absolute Gasteiger partial charge is 0.353 e. The van der Waals surface area contributed by atoms with E-state index >= 15 is 0 Å². The minimum absolute atomic E-state index is 0.759. The van der Waals surface area contributed by atoms with Crippen molar-refractivity contribution >= 4 is 5.95 Å². The molecule has 5 heteroatoms. The van der Waals surface area contributed by atoms with Crippen molar-refractivity contribution in [1.29, 1.82) is 0 Å². The van der Waals surface area contributed by atoms with Crippen LogP contribution in [0.25, 0.3) is 0 Å². The lowest BCUT2D eigenvalue weighted by Gasteiger charge is -2.01. The van der Waals surface area contributed by atoms with Gasteiger partial charge in [0.15, 0.2) is 0 Å². The number of rotatable bonds is 4. The predicted octanol–water partition coefficient (Wildman–Crippen LogP) is 0.515. The molecule has 1 aromatic heterocycles. The summed E-state index contributed by atoms with van der Waals surface area (Å²) < 4.78 is 1.77. The Bertz CT molecular complexity index is 186. The third-order valence-corrected chi connectivity index (χ3v) is 1.30. The van der Waals surface area contributed by atoms with Crippen LogP contribution in [0.15, 0.2) is 0 Å². The summed E-state index contributed by atoms with van der Waals surface area (Å²) in [7, 11) is 0. The quantitative estimate of drug-likeness (QED) is 0.688. The minimum Gasteiger partial charge on any atom is -0.353 e. The molecular formula is C6H13N5. The normalized spacial score (nSPS) is 10.0. The molecule has 0 aliphatic rings. The molecule has 0 aliphatic heterocycles. The standard InChI is InChI=1S/C6H13N5/c1-3-5-11-6(7-4-2)8-9-10-11/h3-5H2,1-2H3,(H,7,8,10). The molecule has 0 unspecified atom stereocenters. The molecule has 0 saturated carbocycles. The average Bonchev–Trinajstić information content (AvgIpc) is 2.39. The Morgan fingerprint density at radius 2 is 2.27 bits per heavy atom. The van der Waals surface area contributed by atoms with Gasteiger partial charge in [-0.1, -0.05) is 12.0 Å². The molecule has 0 aliphatic carbocycles. The van der Waals surface area contributed by atoms with Crippen molar-refractivity contribution in [1.82, 2.24) is 20.2 Å². The Balaban J connectivity index is 2.62. The van der Waals surface area contributed by atoms with Crippen LogP contribution >= 0.6 is 0 Å². The summed E-state index contributed by atoms with van der Waals surface area (Å²) in [6.45, 7) is 5.84. The second-order valence-electron chi connectivity index (χ2n) is 2.26. The predicted molar refractivity (Wildman–Crippen MR) is 42.3 cm³/mol. The van der Waals surface area contributed by atoms with Crippen molar-refractivity contribution in [3.05, 3.63) is 0 Å². The number of aromatic nitrogens is 4. The molecule has 5 nitrogen and oxygen atoms in total. The summed E-state index contributed by atoms with van der Waals surface area (Å²) in [6.07, 6.45) is 1.05. The van der Waals surface area contributed by atoms with E-state index in [4.69, 9.17) is 0 Å². The third-order valence-electron chi connectivity index (χ3n) is 1.30. The first-order chi connectivity index (χ1) is 5.38. The lowest BCUT2D eigenvalue weighted by molar-refractivity contribution is 0.583. The fourth-order valence-electron chi connectivity index (χ4n) is 0.852. The number of nitrogens with one attached hydrogen (secondary N) is 1. The van der Waals surface area contributed by atoms with Crippen LogP contribution in [0.3, 0.4) is 0 Å². The molecule has 0 bridgehead atoms.